The normalized spacial score (nSPS) is 20.9. The largest absolute Gasteiger partial charge is 0.302 e. The molecule has 1 atom stereocenters. The number of rotatable bonds is 6. The summed E-state index contributed by atoms with van der Waals surface area (Å²) in [6.07, 6.45) is 3.62. The van der Waals surface area contributed by atoms with Crippen molar-refractivity contribution in [2.24, 2.45) is 0 Å². The SMILES string of the molecule is C=CCNC1CC(=O)N(C(CC)CC)C1=O. The molecule has 4 heteroatoms. The lowest BCUT2D eigenvalue weighted by molar-refractivity contribution is -0.141. The molecule has 0 spiro atoms. The fourth-order valence-electron chi connectivity index (χ4n) is 2.07. The molecule has 2 amide bonds. The molecule has 90 valence electrons. The van der Waals surface area contributed by atoms with Crippen LogP contribution in [0.5, 0.6) is 0 Å². The maximum atomic E-state index is 12.0. The molecule has 0 aliphatic carbocycles. The second-order valence-corrected chi connectivity index (χ2v) is 4.03. The van der Waals surface area contributed by atoms with Gasteiger partial charge < -0.3 is 5.32 Å². The smallest absolute Gasteiger partial charge is 0.247 e. The van der Waals surface area contributed by atoms with Crippen molar-refractivity contribution < 1.29 is 9.59 Å². The summed E-state index contributed by atoms with van der Waals surface area (Å²) in [5.74, 6) is -0.138. The fourth-order valence-corrected chi connectivity index (χ4v) is 2.07. The van der Waals surface area contributed by atoms with Gasteiger partial charge in [-0.05, 0) is 12.8 Å². The Morgan fingerprint density at radius 1 is 1.50 bits per heavy atom. The topological polar surface area (TPSA) is 49.4 Å². The van der Waals surface area contributed by atoms with Crippen molar-refractivity contribution in [3.05, 3.63) is 12.7 Å². The van der Waals surface area contributed by atoms with E-state index in [4.69, 9.17) is 0 Å². The molecule has 0 saturated carbocycles. The van der Waals surface area contributed by atoms with E-state index in [0.29, 0.717) is 6.54 Å². The van der Waals surface area contributed by atoms with Crippen molar-refractivity contribution in [1.29, 1.82) is 0 Å². The van der Waals surface area contributed by atoms with Crippen molar-refractivity contribution in [3.8, 4) is 0 Å². The van der Waals surface area contributed by atoms with Crippen LogP contribution in [0.3, 0.4) is 0 Å². The van der Waals surface area contributed by atoms with Gasteiger partial charge in [-0.25, -0.2) is 0 Å². The summed E-state index contributed by atoms with van der Waals surface area (Å²) < 4.78 is 0. The van der Waals surface area contributed by atoms with Gasteiger partial charge in [0.25, 0.3) is 0 Å². The Morgan fingerprint density at radius 3 is 2.62 bits per heavy atom. The molecule has 0 aromatic heterocycles. The van der Waals surface area contributed by atoms with Gasteiger partial charge in [0.15, 0.2) is 0 Å². The Labute approximate surface area is 96.7 Å². The Hall–Kier alpha value is -1.16. The van der Waals surface area contributed by atoms with Crippen LogP contribution in [-0.2, 0) is 9.59 Å². The number of likely N-dealkylation sites (tertiary alicyclic amines) is 1. The maximum Gasteiger partial charge on any atom is 0.247 e. The van der Waals surface area contributed by atoms with Crippen LogP contribution in [0.15, 0.2) is 12.7 Å². The third-order valence-corrected chi connectivity index (χ3v) is 3.00. The molecule has 1 unspecified atom stereocenters. The molecule has 1 aliphatic heterocycles. The van der Waals surface area contributed by atoms with Gasteiger partial charge in [0.1, 0.15) is 0 Å². The minimum absolute atomic E-state index is 0.0514. The summed E-state index contributed by atoms with van der Waals surface area (Å²) in [4.78, 5) is 25.2. The molecule has 16 heavy (non-hydrogen) atoms. The van der Waals surface area contributed by atoms with Crippen molar-refractivity contribution in [2.75, 3.05) is 6.54 Å². The van der Waals surface area contributed by atoms with Gasteiger partial charge in [-0.1, -0.05) is 19.9 Å². The average molecular weight is 224 g/mol. The summed E-state index contributed by atoms with van der Waals surface area (Å²) >= 11 is 0. The molecule has 4 nitrogen and oxygen atoms in total. The van der Waals surface area contributed by atoms with Crippen LogP contribution in [0.4, 0.5) is 0 Å². The highest BCUT2D eigenvalue weighted by Crippen LogP contribution is 2.19. The first kappa shape index (κ1) is 12.9. The van der Waals surface area contributed by atoms with Crippen LogP contribution >= 0.6 is 0 Å². The minimum atomic E-state index is -0.355. The van der Waals surface area contributed by atoms with E-state index in [2.05, 4.69) is 11.9 Å². The highest BCUT2D eigenvalue weighted by atomic mass is 16.2. The van der Waals surface area contributed by atoms with E-state index in [1.165, 1.54) is 4.90 Å². The van der Waals surface area contributed by atoms with Crippen LogP contribution in [0.2, 0.25) is 0 Å². The Bertz CT molecular complexity index is 285. The van der Waals surface area contributed by atoms with E-state index in [1.54, 1.807) is 6.08 Å². The van der Waals surface area contributed by atoms with Crippen molar-refractivity contribution in [1.82, 2.24) is 10.2 Å². The number of imide groups is 1. The van der Waals surface area contributed by atoms with Crippen LogP contribution < -0.4 is 5.32 Å². The lowest BCUT2D eigenvalue weighted by Gasteiger charge is -2.24. The molecular weight excluding hydrogens is 204 g/mol. The van der Waals surface area contributed by atoms with E-state index in [1.807, 2.05) is 13.8 Å². The maximum absolute atomic E-state index is 12.0. The van der Waals surface area contributed by atoms with Crippen LogP contribution in [-0.4, -0.2) is 35.3 Å². The molecule has 1 fully saturated rings. The van der Waals surface area contributed by atoms with E-state index < -0.39 is 0 Å². The summed E-state index contributed by atoms with van der Waals surface area (Å²) in [5, 5.41) is 3.01. The summed E-state index contributed by atoms with van der Waals surface area (Å²) in [6.45, 7) is 8.13. The third kappa shape index (κ3) is 2.50. The molecule has 0 bridgehead atoms. The average Bonchev–Trinajstić information content (AvgIpc) is 2.55. The lowest BCUT2D eigenvalue weighted by Crippen LogP contribution is -2.43. The summed E-state index contributed by atoms with van der Waals surface area (Å²) in [5.41, 5.74) is 0. The van der Waals surface area contributed by atoms with E-state index in [0.717, 1.165) is 12.8 Å². The van der Waals surface area contributed by atoms with Crippen LogP contribution in [0.1, 0.15) is 33.1 Å². The number of hydrogen-bond donors (Lipinski definition) is 1. The molecule has 1 rings (SSSR count). The zero-order valence-electron chi connectivity index (χ0n) is 10.0. The molecule has 1 saturated heterocycles. The van der Waals surface area contributed by atoms with Gasteiger partial charge in [0.05, 0.1) is 12.5 Å². The number of carbonyl (C=O) groups excluding carboxylic acids is 2. The van der Waals surface area contributed by atoms with Crippen LogP contribution in [0, 0.1) is 0 Å². The number of nitrogens with one attached hydrogen (secondary N) is 1. The molecule has 1 aliphatic rings. The van der Waals surface area contributed by atoms with Gasteiger partial charge >= 0.3 is 0 Å². The van der Waals surface area contributed by atoms with Gasteiger partial charge in [-0.3, -0.25) is 14.5 Å². The second-order valence-electron chi connectivity index (χ2n) is 4.03. The second kappa shape index (κ2) is 5.80. The predicted molar refractivity (Wildman–Crippen MR) is 62.8 cm³/mol. The summed E-state index contributed by atoms with van der Waals surface area (Å²) in [7, 11) is 0. The number of nitrogens with zero attached hydrogens (tertiary/aromatic N) is 1. The number of hydrogen-bond acceptors (Lipinski definition) is 3. The molecule has 1 heterocycles. The van der Waals surface area contributed by atoms with E-state index >= 15 is 0 Å². The van der Waals surface area contributed by atoms with E-state index in [9.17, 15) is 9.59 Å². The quantitative estimate of drug-likeness (QED) is 0.542. The first-order valence-electron chi connectivity index (χ1n) is 5.85. The van der Waals surface area contributed by atoms with Gasteiger partial charge in [0.2, 0.25) is 11.8 Å². The Morgan fingerprint density at radius 2 is 2.12 bits per heavy atom. The number of amides is 2. The lowest BCUT2D eigenvalue weighted by atomic mass is 10.1. The summed E-state index contributed by atoms with van der Waals surface area (Å²) in [6, 6.07) is -0.304. The zero-order chi connectivity index (χ0) is 12.1. The molecule has 0 aromatic carbocycles. The molecule has 1 N–H and O–H groups in total. The predicted octanol–water partition coefficient (Wildman–Crippen LogP) is 1.08. The van der Waals surface area contributed by atoms with Gasteiger partial charge in [0, 0.05) is 12.6 Å². The van der Waals surface area contributed by atoms with Crippen molar-refractivity contribution in [2.45, 2.75) is 45.2 Å². The first-order valence-corrected chi connectivity index (χ1v) is 5.85. The van der Waals surface area contributed by atoms with E-state index in [-0.39, 0.29) is 30.3 Å². The van der Waals surface area contributed by atoms with Crippen molar-refractivity contribution >= 4 is 11.8 Å². The zero-order valence-corrected chi connectivity index (χ0v) is 10.0. The monoisotopic (exact) mass is 224 g/mol. The van der Waals surface area contributed by atoms with Crippen molar-refractivity contribution in [3.63, 3.8) is 0 Å². The molecular formula is C12H20N2O2. The minimum Gasteiger partial charge on any atom is -0.302 e. The number of carbonyl (C=O) groups is 2. The first-order chi connectivity index (χ1) is 7.65. The Balaban J connectivity index is 2.70. The van der Waals surface area contributed by atoms with Gasteiger partial charge in [-0.2, -0.15) is 0 Å². The highest BCUT2D eigenvalue weighted by molar-refractivity contribution is 6.05. The molecule has 0 aromatic rings. The van der Waals surface area contributed by atoms with Gasteiger partial charge in [-0.15, -0.1) is 6.58 Å². The fraction of sp³-hybridized carbons (Fsp3) is 0.667. The third-order valence-electron chi connectivity index (χ3n) is 3.00. The van der Waals surface area contributed by atoms with Crippen LogP contribution in [0.25, 0.3) is 0 Å². The standard InChI is InChI=1S/C12H20N2O2/c1-4-7-13-10-8-11(15)14(12(10)16)9(5-2)6-3/h4,9-10,13H,1,5-8H2,2-3H3. The highest BCUT2D eigenvalue weighted by Gasteiger charge is 2.40. The Kier molecular flexibility index (Phi) is 4.68. The molecule has 0 radical (unpaired) electrons.